The highest BCUT2D eigenvalue weighted by Gasteiger charge is 2.51. The molecule has 222 valence electrons. The van der Waals surface area contributed by atoms with Crippen LogP contribution in [0, 0.1) is 0 Å². The molecule has 2 aliphatic rings. The summed E-state index contributed by atoms with van der Waals surface area (Å²) in [5.74, 6) is -1.28. The van der Waals surface area contributed by atoms with E-state index in [0.29, 0.717) is 23.5 Å². The molecule has 2 aromatic carbocycles. The summed E-state index contributed by atoms with van der Waals surface area (Å²) < 4.78 is 24.0. The van der Waals surface area contributed by atoms with Crippen LogP contribution in [0.3, 0.4) is 0 Å². The standard InChI is InChI=1S/C30H28ClN5O7/c1-16(37)40-14-22-25(41-17(2)38)26(42-18(3)39)29(43-22)36-15-32-23-27(33-30(31)34-28(23)36)35-13-20-11-7-8-12-21(20)24(35)19-9-5-4-6-10-19/h4-12,15,22,24-26,29H,13-14H2,1-3H3/t22-,24?,25?,26?,29-/m1/s1. The first-order valence-electron chi connectivity index (χ1n) is 13.6. The molecule has 2 aromatic heterocycles. The molecule has 5 atom stereocenters. The number of hydrogen-bond acceptors (Lipinski definition) is 11. The van der Waals surface area contributed by atoms with Gasteiger partial charge in [-0.15, -0.1) is 0 Å². The summed E-state index contributed by atoms with van der Waals surface area (Å²) in [6.07, 6.45) is -2.68. The van der Waals surface area contributed by atoms with Gasteiger partial charge in [0.15, 0.2) is 35.4 Å². The predicted octanol–water partition coefficient (Wildman–Crippen LogP) is 3.91. The second kappa shape index (κ2) is 11.6. The number of fused-ring (bicyclic) bond motifs is 2. The van der Waals surface area contributed by atoms with Gasteiger partial charge in [0, 0.05) is 27.3 Å². The van der Waals surface area contributed by atoms with Crippen molar-refractivity contribution in [3.63, 3.8) is 0 Å². The molecule has 43 heavy (non-hydrogen) atoms. The van der Waals surface area contributed by atoms with Crippen molar-refractivity contribution < 1.29 is 33.3 Å². The van der Waals surface area contributed by atoms with Crippen LogP contribution in [-0.2, 0) is 39.9 Å². The van der Waals surface area contributed by atoms with E-state index >= 15 is 0 Å². The molecular weight excluding hydrogens is 578 g/mol. The molecule has 0 radical (unpaired) electrons. The number of halogens is 1. The number of carbonyl (C=O) groups excluding carboxylic acids is 3. The van der Waals surface area contributed by atoms with Gasteiger partial charge < -0.3 is 23.8 Å². The Morgan fingerprint density at radius 1 is 0.930 bits per heavy atom. The molecular formula is C30H28ClN5O7. The number of aromatic nitrogens is 4. The fourth-order valence-corrected chi connectivity index (χ4v) is 5.92. The average molecular weight is 606 g/mol. The minimum Gasteiger partial charge on any atom is -0.463 e. The zero-order valence-electron chi connectivity index (χ0n) is 23.5. The highest BCUT2D eigenvalue weighted by molar-refractivity contribution is 6.28. The Balaban J connectivity index is 1.44. The highest BCUT2D eigenvalue weighted by atomic mass is 35.5. The van der Waals surface area contributed by atoms with Gasteiger partial charge in [-0.1, -0.05) is 54.6 Å². The van der Waals surface area contributed by atoms with E-state index in [9.17, 15) is 14.4 Å². The fourth-order valence-electron chi connectivity index (χ4n) is 5.76. The third kappa shape index (κ3) is 5.51. The summed E-state index contributed by atoms with van der Waals surface area (Å²) >= 11 is 6.53. The van der Waals surface area contributed by atoms with Crippen LogP contribution in [0.4, 0.5) is 5.82 Å². The van der Waals surface area contributed by atoms with E-state index in [1.165, 1.54) is 27.1 Å². The number of imidazole rings is 1. The Kier molecular flexibility index (Phi) is 7.72. The van der Waals surface area contributed by atoms with Crippen LogP contribution in [0.1, 0.15) is 49.7 Å². The van der Waals surface area contributed by atoms with Crippen molar-refractivity contribution in [3.8, 4) is 0 Å². The summed E-state index contributed by atoms with van der Waals surface area (Å²) in [5.41, 5.74) is 4.11. The number of anilines is 1. The molecule has 0 saturated carbocycles. The van der Waals surface area contributed by atoms with E-state index < -0.39 is 42.4 Å². The van der Waals surface area contributed by atoms with Crippen LogP contribution in [0.2, 0.25) is 5.28 Å². The van der Waals surface area contributed by atoms with Crippen molar-refractivity contribution in [1.29, 1.82) is 0 Å². The Bertz CT molecular complexity index is 1700. The molecule has 4 heterocycles. The molecule has 3 unspecified atom stereocenters. The maximum atomic E-state index is 12.2. The van der Waals surface area contributed by atoms with E-state index in [2.05, 4.69) is 44.1 Å². The molecule has 0 bridgehead atoms. The third-order valence-corrected chi connectivity index (χ3v) is 7.55. The van der Waals surface area contributed by atoms with Crippen LogP contribution in [0.25, 0.3) is 11.2 Å². The van der Waals surface area contributed by atoms with E-state index in [4.69, 9.17) is 30.5 Å². The monoisotopic (exact) mass is 605 g/mol. The largest absolute Gasteiger partial charge is 0.463 e. The van der Waals surface area contributed by atoms with Crippen molar-refractivity contribution in [2.75, 3.05) is 11.5 Å². The Labute approximate surface area is 251 Å². The normalized spacial score (nSPS) is 22.8. The second-order valence-corrected chi connectivity index (χ2v) is 10.6. The number of ether oxygens (including phenoxy) is 4. The smallest absolute Gasteiger partial charge is 0.303 e. The first-order valence-corrected chi connectivity index (χ1v) is 14.0. The van der Waals surface area contributed by atoms with Gasteiger partial charge in [-0.25, -0.2) is 4.98 Å². The zero-order chi connectivity index (χ0) is 30.2. The van der Waals surface area contributed by atoms with Crippen LogP contribution >= 0.6 is 11.6 Å². The lowest BCUT2D eigenvalue weighted by molar-refractivity contribution is -0.166. The van der Waals surface area contributed by atoms with E-state index in [1.54, 1.807) is 4.57 Å². The van der Waals surface area contributed by atoms with E-state index in [0.717, 1.165) is 16.7 Å². The minimum atomic E-state index is -1.11. The summed E-state index contributed by atoms with van der Waals surface area (Å²) in [6, 6.07) is 18.1. The lowest BCUT2D eigenvalue weighted by Crippen LogP contribution is -2.40. The maximum Gasteiger partial charge on any atom is 0.303 e. The van der Waals surface area contributed by atoms with Crippen molar-refractivity contribution >= 4 is 46.5 Å². The molecule has 1 fully saturated rings. The molecule has 0 spiro atoms. The lowest BCUT2D eigenvalue weighted by Gasteiger charge is -2.27. The number of esters is 3. The lowest BCUT2D eigenvalue weighted by atomic mass is 9.98. The fraction of sp³-hybridized carbons (Fsp3) is 0.333. The molecule has 1 saturated heterocycles. The molecule has 2 aliphatic heterocycles. The first-order chi connectivity index (χ1) is 20.7. The van der Waals surface area contributed by atoms with E-state index in [-0.39, 0.29) is 17.9 Å². The zero-order valence-corrected chi connectivity index (χ0v) is 24.3. The summed E-state index contributed by atoms with van der Waals surface area (Å²) in [7, 11) is 0. The van der Waals surface area contributed by atoms with Gasteiger partial charge in [-0.05, 0) is 28.3 Å². The van der Waals surface area contributed by atoms with Crippen molar-refractivity contribution in [3.05, 3.63) is 82.9 Å². The number of benzene rings is 2. The summed E-state index contributed by atoms with van der Waals surface area (Å²) in [5, 5.41) is -0.0259. The van der Waals surface area contributed by atoms with Crippen LogP contribution < -0.4 is 4.90 Å². The minimum absolute atomic E-state index is 0.0259. The molecule has 0 N–H and O–H groups in total. The van der Waals surface area contributed by atoms with E-state index in [1.807, 2.05) is 30.3 Å². The van der Waals surface area contributed by atoms with Crippen molar-refractivity contribution in [2.45, 2.75) is 57.9 Å². The van der Waals surface area contributed by atoms with Gasteiger partial charge >= 0.3 is 17.9 Å². The Morgan fingerprint density at radius 2 is 1.63 bits per heavy atom. The predicted molar refractivity (Wildman–Crippen MR) is 153 cm³/mol. The first kappa shape index (κ1) is 28.6. The van der Waals surface area contributed by atoms with Crippen LogP contribution in [0.15, 0.2) is 60.9 Å². The molecule has 13 heteroatoms. The van der Waals surface area contributed by atoms with Gasteiger partial charge in [-0.3, -0.25) is 19.0 Å². The van der Waals surface area contributed by atoms with Gasteiger partial charge in [-0.2, -0.15) is 9.97 Å². The van der Waals surface area contributed by atoms with Crippen LogP contribution in [0.5, 0.6) is 0 Å². The highest BCUT2D eigenvalue weighted by Crippen LogP contribution is 2.44. The average Bonchev–Trinajstić information content (AvgIpc) is 3.65. The van der Waals surface area contributed by atoms with Crippen LogP contribution in [-0.4, -0.2) is 62.3 Å². The van der Waals surface area contributed by atoms with Gasteiger partial charge in [0.05, 0.1) is 12.4 Å². The number of carbonyl (C=O) groups is 3. The second-order valence-electron chi connectivity index (χ2n) is 10.3. The number of rotatable bonds is 7. The molecule has 0 aliphatic carbocycles. The topological polar surface area (TPSA) is 135 Å². The molecule has 12 nitrogen and oxygen atoms in total. The van der Waals surface area contributed by atoms with Gasteiger partial charge in [0.25, 0.3) is 0 Å². The van der Waals surface area contributed by atoms with Crippen molar-refractivity contribution in [1.82, 2.24) is 19.5 Å². The molecule has 4 aromatic rings. The Morgan fingerprint density at radius 3 is 2.35 bits per heavy atom. The number of hydrogen-bond donors (Lipinski definition) is 0. The summed E-state index contributed by atoms with van der Waals surface area (Å²) in [4.78, 5) is 51.6. The van der Waals surface area contributed by atoms with Gasteiger partial charge in [0.2, 0.25) is 5.28 Å². The molecule has 6 rings (SSSR count). The quantitative estimate of drug-likeness (QED) is 0.172. The van der Waals surface area contributed by atoms with Gasteiger partial charge in [0.1, 0.15) is 12.7 Å². The van der Waals surface area contributed by atoms with Crippen molar-refractivity contribution in [2.24, 2.45) is 0 Å². The Hall–Kier alpha value is -4.55. The maximum absolute atomic E-state index is 12.2. The third-order valence-electron chi connectivity index (χ3n) is 7.38. The SMILES string of the molecule is CC(=O)OC[C@H]1O[C@@H](n2cnc3c(N4Cc5ccccc5C4c4ccccc4)nc(Cl)nc32)C(OC(C)=O)C1OC(C)=O. The number of nitrogens with zero attached hydrogens (tertiary/aromatic N) is 5. The molecule has 0 amide bonds. The summed E-state index contributed by atoms with van der Waals surface area (Å²) in [6.45, 7) is 4.03.